The number of hydrogen-bond acceptors (Lipinski definition) is 4. The third kappa shape index (κ3) is 4.91. The van der Waals surface area contributed by atoms with Crippen molar-refractivity contribution >= 4 is 5.91 Å². The summed E-state index contributed by atoms with van der Waals surface area (Å²) in [6, 6.07) is 5.24. The highest BCUT2D eigenvalue weighted by Crippen LogP contribution is 2.29. The molecule has 0 aliphatic heterocycles. The summed E-state index contributed by atoms with van der Waals surface area (Å²) in [6.45, 7) is 9.08. The van der Waals surface area contributed by atoms with Crippen molar-refractivity contribution in [1.82, 2.24) is 4.90 Å². The minimum absolute atomic E-state index is 0.0449. The molecule has 0 radical (unpaired) electrons. The molecule has 0 fully saturated rings. The molecule has 0 aliphatic rings. The predicted octanol–water partition coefficient (Wildman–Crippen LogP) is 2.54. The summed E-state index contributed by atoms with van der Waals surface area (Å²) in [5.74, 6) is 1.14. The van der Waals surface area contributed by atoms with Gasteiger partial charge in [-0.2, -0.15) is 0 Å². The zero-order valence-corrected chi connectivity index (χ0v) is 14.5. The Balaban J connectivity index is 2.94. The molecule has 0 spiro atoms. The summed E-state index contributed by atoms with van der Waals surface area (Å²) in [5.41, 5.74) is 6.19. The van der Waals surface area contributed by atoms with Gasteiger partial charge in [0.1, 0.15) is 0 Å². The number of carbonyl (C=O) groups excluding carboxylic acids is 1. The first-order chi connectivity index (χ1) is 10.2. The number of nitrogens with zero attached hydrogens (tertiary/aromatic N) is 1. The zero-order valence-electron chi connectivity index (χ0n) is 14.5. The molecule has 0 aromatic heterocycles. The van der Waals surface area contributed by atoms with E-state index in [4.69, 9.17) is 15.2 Å². The van der Waals surface area contributed by atoms with Crippen molar-refractivity contribution in [2.24, 2.45) is 11.1 Å². The molecule has 1 rings (SSSR count). The Morgan fingerprint density at radius 2 is 1.95 bits per heavy atom. The highest BCUT2D eigenvalue weighted by atomic mass is 16.5. The van der Waals surface area contributed by atoms with E-state index in [1.807, 2.05) is 27.7 Å². The van der Waals surface area contributed by atoms with Gasteiger partial charge < -0.3 is 20.1 Å². The molecule has 22 heavy (non-hydrogen) atoms. The van der Waals surface area contributed by atoms with E-state index in [2.05, 4.69) is 0 Å². The summed E-state index contributed by atoms with van der Waals surface area (Å²) >= 11 is 0. The Hall–Kier alpha value is -1.75. The van der Waals surface area contributed by atoms with Crippen molar-refractivity contribution in [1.29, 1.82) is 0 Å². The van der Waals surface area contributed by atoms with Crippen LogP contribution in [0.4, 0.5) is 0 Å². The predicted molar refractivity (Wildman–Crippen MR) is 88.6 cm³/mol. The number of carbonyl (C=O) groups is 1. The zero-order chi connectivity index (χ0) is 16.9. The average molecular weight is 308 g/mol. The van der Waals surface area contributed by atoms with Gasteiger partial charge in [0.2, 0.25) is 0 Å². The van der Waals surface area contributed by atoms with Gasteiger partial charge in [-0.1, -0.05) is 13.8 Å². The number of ether oxygens (including phenoxy) is 2. The lowest BCUT2D eigenvalue weighted by molar-refractivity contribution is 0.0740. The first-order valence-corrected chi connectivity index (χ1v) is 7.50. The van der Waals surface area contributed by atoms with E-state index in [0.29, 0.717) is 30.2 Å². The third-order valence-electron chi connectivity index (χ3n) is 3.34. The molecule has 124 valence electrons. The van der Waals surface area contributed by atoms with Gasteiger partial charge in [-0.3, -0.25) is 4.79 Å². The van der Waals surface area contributed by atoms with Crippen LogP contribution in [0.3, 0.4) is 0 Å². The molecule has 0 saturated carbocycles. The lowest BCUT2D eigenvalue weighted by Gasteiger charge is -2.29. The van der Waals surface area contributed by atoms with Gasteiger partial charge in [0.05, 0.1) is 13.2 Å². The van der Waals surface area contributed by atoms with Crippen LogP contribution in [0.5, 0.6) is 11.5 Å². The lowest BCUT2D eigenvalue weighted by atomic mass is 9.93. The number of methoxy groups -OCH3 is 1. The second-order valence-electron chi connectivity index (χ2n) is 6.56. The molecule has 0 unspecified atom stereocenters. The highest BCUT2D eigenvalue weighted by molar-refractivity contribution is 5.94. The van der Waals surface area contributed by atoms with Crippen LogP contribution in [-0.4, -0.2) is 44.2 Å². The van der Waals surface area contributed by atoms with E-state index >= 15 is 0 Å². The molecular formula is C17H28N2O3. The van der Waals surface area contributed by atoms with Gasteiger partial charge in [0.25, 0.3) is 5.91 Å². The first-order valence-electron chi connectivity index (χ1n) is 7.50. The summed E-state index contributed by atoms with van der Waals surface area (Å²) in [7, 11) is 3.35. The van der Waals surface area contributed by atoms with Gasteiger partial charge in [-0.25, -0.2) is 0 Å². The normalized spacial score (nSPS) is 11.5. The fourth-order valence-electron chi connectivity index (χ4n) is 2.15. The maximum Gasteiger partial charge on any atom is 0.253 e. The molecule has 1 amide bonds. The van der Waals surface area contributed by atoms with E-state index in [0.717, 1.165) is 0 Å². The number of benzene rings is 1. The van der Waals surface area contributed by atoms with E-state index in [1.165, 1.54) is 0 Å². The number of hydrogen-bond donors (Lipinski definition) is 1. The topological polar surface area (TPSA) is 64.8 Å². The van der Waals surface area contributed by atoms with E-state index in [-0.39, 0.29) is 17.4 Å². The number of nitrogens with two attached hydrogens (primary N) is 1. The second-order valence-corrected chi connectivity index (χ2v) is 6.56. The summed E-state index contributed by atoms with van der Waals surface area (Å²) in [6.07, 6.45) is 0.0449. The maximum absolute atomic E-state index is 12.5. The van der Waals surface area contributed by atoms with Gasteiger partial charge in [-0.05, 0) is 44.0 Å². The smallest absolute Gasteiger partial charge is 0.253 e. The molecule has 1 aromatic rings. The molecule has 0 saturated heterocycles. The fraction of sp³-hybridized carbons (Fsp3) is 0.588. The van der Waals surface area contributed by atoms with Crippen LogP contribution in [0.1, 0.15) is 38.1 Å². The van der Waals surface area contributed by atoms with Gasteiger partial charge in [0, 0.05) is 19.2 Å². The summed E-state index contributed by atoms with van der Waals surface area (Å²) in [4.78, 5) is 14.2. The molecule has 0 heterocycles. The Labute approximate surface area is 133 Å². The van der Waals surface area contributed by atoms with Crippen LogP contribution in [0.15, 0.2) is 18.2 Å². The van der Waals surface area contributed by atoms with E-state index < -0.39 is 0 Å². The van der Waals surface area contributed by atoms with Gasteiger partial charge >= 0.3 is 0 Å². The van der Waals surface area contributed by atoms with Crippen LogP contribution in [0.25, 0.3) is 0 Å². The maximum atomic E-state index is 12.5. The molecule has 0 atom stereocenters. The largest absolute Gasteiger partial charge is 0.493 e. The first kappa shape index (κ1) is 18.3. The lowest BCUT2D eigenvalue weighted by Crippen LogP contribution is -2.39. The standard InChI is InChI=1S/C17H28N2O3/c1-12(2)22-14-8-7-13(9-15(14)21-6)16(20)19(5)11-17(3,4)10-18/h7-9,12H,10-11,18H2,1-6H3. The minimum Gasteiger partial charge on any atom is -0.493 e. The SMILES string of the molecule is COc1cc(C(=O)N(C)CC(C)(C)CN)ccc1OC(C)C. The Morgan fingerprint density at radius 3 is 2.45 bits per heavy atom. The van der Waals surface area contributed by atoms with Gasteiger partial charge in [-0.15, -0.1) is 0 Å². The van der Waals surface area contributed by atoms with Gasteiger partial charge in [0.15, 0.2) is 11.5 Å². The van der Waals surface area contributed by atoms with Crippen LogP contribution < -0.4 is 15.2 Å². The summed E-state index contributed by atoms with van der Waals surface area (Å²) < 4.78 is 11.0. The van der Waals surface area contributed by atoms with E-state index in [1.54, 1.807) is 37.3 Å². The highest BCUT2D eigenvalue weighted by Gasteiger charge is 2.22. The monoisotopic (exact) mass is 308 g/mol. The molecule has 5 nitrogen and oxygen atoms in total. The number of rotatable bonds is 7. The number of amides is 1. The van der Waals surface area contributed by atoms with Crippen LogP contribution in [0, 0.1) is 5.41 Å². The Kier molecular flexibility index (Phi) is 6.23. The Bertz CT molecular complexity index is 513. The van der Waals surface area contributed by atoms with Crippen molar-refractivity contribution < 1.29 is 14.3 Å². The molecule has 0 bridgehead atoms. The fourth-order valence-corrected chi connectivity index (χ4v) is 2.15. The van der Waals surface area contributed by atoms with Crippen molar-refractivity contribution in [3.63, 3.8) is 0 Å². The van der Waals surface area contributed by atoms with Crippen LogP contribution in [-0.2, 0) is 0 Å². The molecule has 2 N–H and O–H groups in total. The summed E-state index contributed by atoms with van der Waals surface area (Å²) in [5, 5.41) is 0. The molecule has 0 aliphatic carbocycles. The van der Waals surface area contributed by atoms with Crippen LogP contribution in [0.2, 0.25) is 0 Å². The second kappa shape index (κ2) is 7.49. The van der Waals surface area contributed by atoms with Crippen molar-refractivity contribution in [3.05, 3.63) is 23.8 Å². The van der Waals surface area contributed by atoms with Crippen LogP contribution >= 0.6 is 0 Å². The quantitative estimate of drug-likeness (QED) is 0.840. The average Bonchev–Trinajstić information content (AvgIpc) is 2.45. The third-order valence-corrected chi connectivity index (χ3v) is 3.34. The molecule has 5 heteroatoms. The Morgan fingerprint density at radius 1 is 1.32 bits per heavy atom. The van der Waals surface area contributed by atoms with Crippen molar-refractivity contribution in [2.75, 3.05) is 27.2 Å². The van der Waals surface area contributed by atoms with E-state index in [9.17, 15) is 4.79 Å². The van der Waals surface area contributed by atoms with Crippen molar-refractivity contribution in [2.45, 2.75) is 33.8 Å². The van der Waals surface area contributed by atoms with Crippen molar-refractivity contribution in [3.8, 4) is 11.5 Å². The molecule has 1 aromatic carbocycles. The minimum atomic E-state index is -0.116. The molecular weight excluding hydrogens is 280 g/mol.